The average Bonchev–Trinajstić information content (AvgIpc) is 2.82. The lowest BCUT2D eigenvalue weighted by Crippen LogP contribution is -2.33. The van der Waals surface area contributed by atoms with Crippen molar-refractivity contribution in [1.82, 2.24) is 20.2 Å². The van der Waals surface area contributed by atoms with Gasteiger partial charge in [0.1, 0.15) is 0 Å². The molecule has 2 heterocycles. The summed E-state index contributed by atoms with van der Waals surface area (Å²) in [6, 6.07) is 1.03. The summed E-state index contributed by atoms with van der Waals surface area (Å²) in [6.45, 7) is 0.695. The summed E-state index contributed by atoms with van der Waals surface area (Å²) in [4.78, 5) is 1.79. The molecule has 1 aliphatic heterocycles. The van der Waals surface area contributed by atoms with E-state index in [0.717, 1.165) is 6.07 Å². The van der Waals surface area contributed by atoms with Crippen LogP contribution >= 0.6 is 0 Å². The second kappa shape index (κ2) is 4.22. The number of aryl methyl sites for hydroxylation is 1. The lowest BCUT2D eigenvalue weighted by atomic mass is 9.99. The number of nitrogens with zero attached hydrogens (tertiary/aromatic N) is 5. The summed E-state index contributed by atoms with van der Waals surface area (Å²) in [7, 11) is 1.68. The third-order valence-corrected chi connectivity index (χ3v) is 3.23. The summed E-state index contributed by atoms with van der Waals surface area (Å²) in [5.74, 6) is -3.16. The highest BCUT2D eigenvalue weighted by Crippen LogP contribution is 2.27. The maximum absolute atomic E-state index is 13.6. The fourth-order valence-corrected chi connectivity index (χ4v) is 2.29. The number of hydrogen-bond donors (Lipinski definition) is 0. The molecule has 0 fully saturated rings. The molecule has 0 aliphatic carbocycles. The van der Waals surface area contributed by atoms with Crippen molar-refractivity contribution in [1.29, 1.82) is 0 Å². The lowest BCUT2D eigenvalue weighted by Gasteiger charge is -2.29. The molecule has 0 unspecified atom stereocenters. The smallest absolute Gasteiger partial charge is 0.245 e. The minimum atomic E-state index is -1.41. The van der Waals surface area contributed by atoms with Crippen molar-refractivity contribution >= 4 is 5.95 Å². The summed E-state index contributed by atoms with van der Waals surface area (Å²) >= 11 is 0. The van der Waals surface area contributed by atoms with E-state index in [0.29, 0.717) is 18.1 Å². The topological polar surface area (TPSA) is 46.8 Å². The molecule has 0 radical (unpaired) electrons. The molecule has 0 saturated heterocycles. The van der Waals surface area contributed by atoms with Gasteiger partial charge in [0.05, 0.1) is 0 Å². The van der Waals surface area contributed by atoms with Crippen LogP contribution in [0, 0.1) is 17.5 Å². The Labute approximate surface area is 106 Å². The molecule has 3 rings (SSSR count). The van der Waals surface area contributed by atoms with Crippen molar-refractivity contribution < 1.29 is 13.2 Å². The number of rotatable bonds is 1. The number of aromatic nitrogens is 4. The summed E-state index contributed by atoms with van der Waals surface area (Å²) in [5.41, 5.74) is 0.649. The standard InChI is InChI=1S/C11H10F3N5/c1-18-11(15-16-17-18)19-3-2-7-6(5-19)4-8(12)10(14)9(7)13/h4H,2-3,5H2,1H3. The molecule has 19 heavy (non-hydrogen) atoms. The highest BCUT2D eigenvalue weighted by atomic mass is 19.2. The van der Waals surface area contributed by atoms with Gasteiger partial charge < -0.3 is 4.90 Å². The van der Waals surface area contributed by atoms with Crippen molar-refractivity contribution in [3.63, 3.8) is 0 Å². The van der Waals surface area contributed by atoms with E-state index in [4.69, 9.17) is 0 Å². The van der Waals surface area contributed by atoms with Crippen LogP contribution in [0.25, 0.3) is 0 Å². The Morgan fingerprint density at radius 2 is 2.00 bits per heavy atom. The first-order valence-corrected chi connectivity index (χ1v) is 5.70. The number of fused-ring (bicyclic) bond motifs is 1. The van der Waals surface area contributed by atoms with Gasteiger partial charge in [-0.15, -0.1) is 0 Å². The molecule has 5 nitrogen and oxygen atoms in total. The molecule has 0 bridgehead atoms. The Morgan fingerprint density at radius 1 is 1.21 bits per heavy atom. The first-order chi connectivity index (χ1) is 9.08. The number of halogens is 3. The molecular weight excluding hydrogens is 259 g/mol. The van der Waals surface area contributed by atoms with Crippen molar-refractivity contribution in [2.45, 2.75) is 13.0 Å². The van der Waals surface area contributed by atoms with E-state index in [2.05, 4.69) is 15.5 Å². The van der Waals surface area contributed by atoms with E-state index < -0.39 is 17.5 Å². The SMILES string of the molecule is Cn1nnnc1N1CCc2c(cc(F)c(F)c2F)C1. The minimum absolute atomic E-state index is 0.227. The zero-order valence-electron chi connectivity index (χ0n) is 10.1. The molecule has 2 aromatic rings. The molecule has 1 aliphatic rings. The monoisotopic (exact) mass is 269 g/mol. The number of hydrogen-bond acceptors (Lipinski definition) is 4. The molecule has 8 heteroatoms. The Bertz CT molecular complexity index is 640. The zero-order chi connectivity index (χ0) is 13.6. The van der Waals surface area contributed by atoms with Gasteiger partial charge in [0.2, 0.25) is 5.95 Å². The number of tetrazole rings is 1. The highest BCUT2D eigenvalue weighted by Gasteiger charge is 2.26. The van der Waals surface area contributed by atoms with Gasteiger partial charge in [-0.2, -0.15) is 0 Å². The normalized spacial score (nSPS) is 14.6. The van der Waals surface area contributed by atoms with Crippen LogP contribution in [0.1, 0.15) is 11.1 Å². The summed E-state index contributed by atoms with van der Waals surface area (Å²) in [6.07, 6.45) is 0.283. The Kier molecular flexibility index (Phi) is 2.65. The van der Waals surface area contributed by atoms with Crippen molar-refractivity contribution in [3.8, 4) is 0 Å². The fraction of sp³-hybridized carbons (Fsp3) is 0.364. The second-order valence-corrected chi connectivity index (χ2v) is 4.40. The van der Waals surface area contributed by atoms with Crippen LogP contribution in [-0.2, 0) is 20.0 Å². The molecule has 0 spiro atoms. The number of anilines is 1. The fourth-order valence-electron chi connectivity index (χ4n) is 2.29. The van der Waals surface area contributed by atoms with E-state index in [9.17, 15) is 13.2 Å². The third kappa shape index (κ3) is 1.83. The van der Waals surface area contributed by atoms with Crippen molar-refractivity contribution in [2.75, 3.05) is 11.4 Å². The van der Waals surface area contributed by atoms with E-state index in [1.165, 1.54) is 4.68 Å². The van der Waals surface area contributed by atoms with Crippen LogP contribution < -0.4 is 4.90 Å². The Balaban J connectivity index is 1.99. The Morgan fingerprint density at radius 3 is 2.68 bits per heavy atom. The molecule has 1 aromatic carbocycles. The van der Waals surface area contributed by atoms with Crippen molar-refractivity contribution in [3.05, 3.63) is 34.6 Å². The van der Waals surface area contributed by atoms with Gasteiger partial charge in [-0.05, 0) is 34.0 Å². The van der Waals surface area contributed by atoms with Crippen LogP contribution in [0.2, 0.25) is 0 Å². The van der Waals surface area contributed by atoms with Crippen LogP contribution in [0.4, 0.5) is 19.1 Å². The summed E-state index contributed by atoms with van der Waals surface area (Å²) in [5, 5.41) is 11.1. The molecule has 0 saturated carbocycles. The van der Waals surface area contributed by atoms with Crippen LogP contribution in [0.15, 0.2) is 6.07 Å². The maximum atomic E-state index is 13.6. The van der Waals surface area contributed by atoms with Gasteiger partial charge in [-0.3, -0.25) is 0 Å². The molecule has 0 atom stereocenters. The predicted octanol–water partition coefficient (Wildman–Crippen LogP) is 1.19. The van der Waals surface area contributed by atoms with Crippen LogP contribution in [-0.4, -0.2) is 26.8 Å². The predicted molar refractivity (Wildman–Crippen MR) is 59.9 cm³/mol. The highest BCUT2D eigenvalue weighted by molar-refractivity contribution is 5.40. The van der Waals surface area contributed by atoms with Gasteiger partial charge in [-0.1, -0.05) is 5.10 Å². The quantitative estimate of drug-likeness (QED) is 0.730. The maximum Gasteiger partial charge on any atom is 0.245 e. The second-order valence-electron chi connectivity index (χ2n) is 4.40. The van der Waals surface area contributed by atoms with Gasteiger partial charge in [0.25, 0.3) is 0 Å². The molecule has 1 aromatic heterocycles. The van der Waals surface area contributed by atoms with Gasteiger partial charge in [0, 0.05) is 20.1 Å². The van der Waals surface area contributed by atoms with E-state index in [1.54, 1.807) is 11.9 Å². The van der Waals surface area contributed by atoms with Crippen molar-refractivity contribution in [2.24, 2.45) is 7.05 Å². The van der Waals surface area contributed by atoms with Crippen LogP contribution in [0.3, 0.4) is 0 Å². The molecular formula is C11H10F3N5. The number of benzene rings is 1. The zero-order valence-corrected chi connectivity index (χ0v) is 10.1. The molecule has 0 amide bonds. The van der Waals surface area contributed by atoms with Gasteiger partial charge >= 0.3 is 0 Å². The largest absolute Gasteiger partial charge is 0.335 e. The summed E-state index contributed by atoms with van der Waals surface area (Å²) < 4.78 is 41.5. The molecule has 0 N–H and O–H groups in total. The van der Waals surface area contributed by atoms with E-state index in [1.807, 2.05) is 0 Å². The third-order valence-electron chi connectivity index (χ3n) is 3.23. The van der Waals surface area contributed by atoms with Crippen LogP contribution in [0.5, 0.6) is 0 Å². The van der Waals surface area contributed by atoms with E-state index >= 15 is 0 Å². The Hall–Kier alpha value is -2.12. The minimum Gasteiger partial charge on any atom is -0.335 e. The first kappa shape index (κ1) is 11.9. The first-order valence-electron chi connectivity index (χ1n) is 5.70. The van der Waals surface area contributed by atoms with Gasteiger partial charge in [0.15, 0.2) is 17.5 Å². The molecule has 100 valence electrons. The lowest BCUT2D eigenvalue weighted by molar-refractivity contribution is 0.434. The van der Waals surface area contributed by atoms with Gasteiger partial charge in [-0.25, -0.2) is 17.9 Å². The average molecular weight is 269 g/mol. The van der Waals surface area contributed by atoms with E-state index in [-0.39, 0.29) is 18.5 Å².